The molecule has 0 bridgehead atoms. The minimum absolute atomic E-state index is 0.0476. The van der Waals surface area contributed by atoms with Crippen molar-refractivity contribution in [3.05, 3.63) is 35.4 Å². The van der Waals surface area contributed by atoms with E-state index in [1.165, 1.54) is 11.1 Å². The summed E-state index contributed by atoms with van der Waals surface area (Å²) in [5.41, 5.74) is 2.65. The second kappa shape index (κ2) is 8.69. The molecule has 3 saturated heterocycles. The van der Waals surface area contributed by atoms with Gasteiger partial charge in [-0.1, -0.05) is 29.8 Å². The smallest absolute Gasteiger partial charge is 0.227 e. The molecule has 0 aliphatic carbocycles. The van der Waals surface area contributed by atoms with E-state index in [-0.39, 0.29) is 41.7 Å². The summed E-state index contributed by atoms with van der Waals surface area (Å²) in [6.07, 6.45) is 4.99. The van der Waals surface area contributed by atoms with Crippen molar-refractivity contribution in [3.63, 3.8) is 0 Å². The highest BCUT2D eigenvalue weighted by Crippen LogP contribution is 2.29. The van der Waals surface area contributed by atoms with E-state index in [0.717, 1.165) is 38.8 Å². The Bertz CT molecular complexity index is 888. The molecule has 164 valence electrons. The standard InChI is InChI=1S/C23H32N2O4S/c1-17-2-4-18(5-3-17)6-7-19-8-11-24(12-9-19)23(27)20-14-22(26)25(15-20)21-10-13-30(28,29)16-21/h2-5,19-21H,6-16H2,1H3/t20-,21-/m0/s1. The molecule has 6 nitrogen and oxygen atoms in total. The Kier molecular flexibility index (Phi) is 6.19. The molecule has 30 heavy (non-hydrogen) atoms. The van der Waals surface area contributed by atoms with Crippen LogP contribution in [0.3, 0.4) is 0 Å². The molecule has 7 heteroatoms. The summed E-state index contributed by atoms with van der Waals surface area (Å²) in [4.78, 5) is 29.0. The highest BCUT2D eigenvalue weighted by molar-refractivity contribution is 7.91. The van der Waals surface area contributed by atoms with E-state index in [9.17, 15) is 18.0 Å². The van der Waals surface area contributed by atoms with Gasteiger partial charge in [0.15, 0.2) is 9.84 Å². The van der Waals surface area contributed by atoms with Crippen molar-refractivity contribution in [1.29, 1.82) is 0 Å². The van der Waals surface area contributed by atoms with Crippen molar-refractivity contribution in [1.82, 2.24) is 9.80 Å². The number of likely N-dealkylation sites (tertiary alicyclic amines) is 2. The van der Waals surface area contributed by atoms with Gasteiger partial charge in [-0.3, -0.25) is 9.59 Å². The molecule has 3 aliphatic heterocycles. The largest absolute Gasteiger partial charge is 0.342 e. The van der Waals surface area contributed by atoms with Gasteiger partial charge in [-0.15, -0.1) is 0 Å². The molecule has 0 saturated carbocycles. The van der Waals surface area contributed by atoms with Gasteiger partial charge in [0.25, 0.3) is 0 Å². The second-order valence-corrected chi connectivity index (χ2v) is 11.5. The van der Waals surface area contributed by atoms with Crippen LogP contribution in [0.25, 0.3) is 0 Å². The van der Waals surface area contributed by atoms with Gasteiger partial charge in [0.1, 0.15) is 0 Å². The number of rotatable bonds is 5. The number of carbonyl (C=O) groups excluding carboxylic acids is 2. The Morgan fingerprint density at radius 3 is 2.43 bits per heavy atom. The number of carbonyl (C=O) groups is 2. The molecule has 3 heterocycles. The zero-order valence-electron chi connectivity index (χ0n) is 17.8. The monoisotopic (exact) mass is 432 g/mol. The van der Waals surface area contributed by atoms with Crippen LogP contribution in [0.15, 0.2) is 24.3 Å². The molecule has 2 atom stereocenters. The van der Waals surface area contributed by atoms with Crippen LogP contribution >= 0.6 is 0 Å². The maximum absolute atomic E-state index is 13.0. The molecular formula is C23H32N2O4S. The number of hydrogen-bond donors (Lipinski definition) is 0. The van der Waals surface area contributed by atoms with E-state index < -0.39 is 9.84 Å². The number of aryl methyl sites for hydroxylation is 2. The first-order valence-electron chi connectivity index (χ1n) is 11.1. The first-order chi connectivity index (χ1) is 14.3. The number of piperidine rings is 1. The molecule has 0 N–H and O–H groups in total. The maximum atomic E-state index is 13.0. The fourth-order valence-corrected chi connectivity index (χ4v) is 6.83. The minimum Gasteiger partial charge on any atom is -0.342 e. The fraction of sp³-hybridized carbons (Fsp3) is 0.652. The van der Waals surface area contributed by atoms with E-state index in [2.05, 4.69) is 31.2 Å². The molecule has 0 radical (unpaired) electrons. The molecular weight excluding hydrogens is 400 g/mol. The first-order valence-corrected chi connectivity index (χ1v) is 13.0. The highest BCUT2D eigenvalue weighted by Gasteiger charge is 2.43. The lowest BCUT2D eigenvalue weighted by Gasteiger charge is -2.33. The van der Waals surface area contributed by atoms with Crippen LogP contribution in [0.1, 0.15) is 43.2 Å². The van der Waals surface area contributed by atoms with Crippen LogP contribution in [-0.2, 0) is 25.8 Å². The van der Waals surface area contributed by atoms with Crippen LogP contribution in [0.5, 0.6) is 0 Å². The third kappa shape index (κ3) is 4.88. The molecule has 1 aromatic carbocycles. The molecule has 4 rings (SSSR count). The molecule has 0 aromatic heterocycles. The lowest BCUT2D eigenvalue weighted by molar-refractivity contribution is -0.137. The molecule has 1 aromatic rings. The maximum Gasteiger partial charge on any atom is 0.227 e. The summed E-state index contributed by atoms with van der Waals surface area (Å²) >= 11 is 0. The van der Waals surface area contributed by atoms with Crippen molar-refractivity contribution in [2.45, 2.75) is 51.5 Å². The third-order valence-corrected chi connectivity index (χ3v) is 8.80. The number of amides is 2. The van der Waals surface area contributed by atoms with Crippen molar-refractivity contribution < 1.29 is 18.0 Å². The van der Waals surface area contributed by atoms with Gasteiger partial charge < -0.3 is 9.80 Å². The van der Waals surface area contributed by atoms with E-state index in [1.807, 2.05) is 4.90 Å². The lowest BCUT2D eigenvalue weighted by atomic mass is 9.90. The first kappa shape index (κ1) is 21.3. The van der Waals surface area contributed by atoms with Crippen molar-refractivity contribution in [2.24, 2.45) is 11.8 Å². The fourth-order valence-electron chi connectivity index (χ4n) is 5.10. The van der Waals surface area contributed by atoms with Gasteiger partial charge >= 0.3 is 0 Å². The Hall–Kier alpha value is -1.89. The van der Waals surface area contributed by atoms with Gasteiger partial charge in [0.2, 0.25) is 11.8 Å². The van der Waals surface area contributed by atoms with Gasteiger partial charge in [0, 0.05) is 32.1 Å². The average molecular weight is 433 g/mol. The molecule has 3 fully saturated rings. The summed E-state index contributed by atoms with van der Waals surface area (Å²) in [5, 5.41) is 0. The van der Waals surface area contributed by atoms with E-state index in [1.54, 1.807) is 4.90 Å². The number of nitrogens with zero attached hydrogens (tertiary/aromatic N) is 2. The second-order valence-electron chi connectivity index (χ2n) is 9.30. The van der Waals surface area contributed by atoms with Gasteiger partial charge in [0.05, 0.1) is 17.4 Å². The summed E-state index contributed by atoms with van der Waals surface area (Å²) in [6, 6.07) is 8.47. The van der Waals surface area contributed by atoms with Crippen molar-refractivity contribution in [2.75, 3.05) is 31.1 Å². The summed E-state index contributed by atoms with van der Waals surface area (Å²) < 4.78 is 23.5. The SMILES string of the molecule is Cc1ccc(CCC2CCN(C(=O)[C@H]3CC(=O)N([C@H]4CCS(=O)(=O)C4)C3)CC2)cc1. The van der Waals surface area contributed by atoms with E-state index in [4.69, 9.17) is 0 Å². The quantitative estimate of drug-likeness (QED) is 0.715. The van der Waals surface area contributed by atoms with Crippen LogP contribution in [0, 0.1) is 18.8 Å². The molecule has 0 unspecified atom stereocenters. The van der Waals surface area contributed by atoms with E-state index >= 15 is 0 Å². The molecule has 2 amide bonds. The number of hydrogen-bond acceptors (Lipinski definition) is 4. The normalized spacial score (nSPS) is 27.0. The number of sulfone groups is 1. The summed E-state index contributed by atoms with van der Waals surface area (Å²) in [5.74, 6) is 0.528. The Labute approximate surface area is 179 Å². The van der Waals surface area contributed by atoms with Gasteiger partial charge in [-0.05, 0) is 50.5 Å². The topological polar surface area (TPSA) is 74.8 Å². The molecule has 3 aliphatic rings. The Balaban J connectivity index is 1.24. The summed E-state index contributed by atoms with van der Waals surface area (Å²) in [7, 11) is -3.04. The zero-order chi connectivity index (χ0) is 21.3. The third-order valence-electron chi connectivity index (χ3n) is 7.04. The van der Waals surface area contributed by atoms with Crippen molar-refractivity contribution >= 4 is 21.7 Å². The summed E-state index contributed by atoms with van der Waals surface area (Å²) in [6.45, 7) is 4.01. The predicted molar refractivity (Wildman–Crippen MR) is 116 cm³/mol. The van der Waals surface area contributed by atoms with E-state index in [0.29, 0.717) is 18.9 Å². The Morgan fingerprint density at radius 2 is 1.80 bits per heavy atom. The minimum atomic E-state index is -3.04. The lowest BCUT2D eigenvalue weighted by Crippen LogP contribution is -2.43. The van der Waals surface area contributed by atoms with Crippen molar-refractivity contribution in [3.8, 4) is 0 Å². The van der Waals surface area contributed by atoms with Crippen LogP contribution < -0.4 is 0 Å². The van der Waals surface area contributed by atoms with Crippen LogP contribution in [0.2, 0.25) is 0 Å². The zero-order valence-corrected chi connectivity index (χ0v) is 18.6. The van der Waals surface area contributed by atoms with Crippen LogP contribution in [-0.4, -0.2) is 67.2 Å². The number of benzene rings is 1. The van der Waals surface area contributed by atoms with Gasteiger partial charge in [-0.2, -0.15) is 0 Å². The predicted octanol–water partition coefficient (Wildman–Crippen LogP) is 2.20. The highest BCUT2D eigenvalue weighted by atomic mass is 32.2. The van der Waals surface area contributed by atoms with Crippen LogP contribution in [0.4, 0.5) is 0 Å². The van der Waals surface area contributed by atoms with Gasteiger partial charge in [-0.25, -0.2) is 8.42 Å². The Morgan fingerprint density at radius 1 is 1.10 bits per heavy atom. The molecule has 0 spiro atoms. The average Bonchev–Trinajstić information content (AvgIpc) is 3.29.